The summed E-state index contributed by atoms with van der Waals surface area (Å²) < 4.78 is 0. The van der Waals surface area contributed by atoms with E-state index >= 15 is 0 Å². The van der Waals surface area contributed by atoms with Gasteiger partial charge in [0.15, 0.2) is 0 Å². The number of aromatic nitrogens is 1. The number of pyridine rings is 1. The third-order valence-electron chi connectivity index (χ3n) is 6.25. The minimum Gasteiger partial charge on any atom is -0.355 e. The Morgan fingerprint density at radius 2 is 1.60 bits per heavy atom. The molecular weight excluding hydrogens is 436 g/mol. The Balaban J connectivity index is 1.56. The summed E-state index contributed by atoms with van der Waals surface area (Å²) >= 11 is 0. The quantitative estimate of drug-likeness (QED) is 0.527. The lowest BCUT2D eigenvalue weighted by Crippen LogP contribution is -2.37. The highest BCUT2D eigenvalue weighted by Gasteiger charge is 2.30. The molecule has 0 bridgehead atoms. The molecule has 2 aromatic carbocycles. The smallest absolute Gasteiger partial charge is 0.256 e. The van der Waals surface area contributed by atoms with Gasteiger partial charge in [-0.05, 0) is 54.7 Å². The van der Waals surface area contributed by atoms with Crippen molar-refractivity contribution in [2.24, 2.45) is 11.8 Å². The summed E-state index contributed by atoms with van der Waals surface area (Å²) in [6.07, 6.45) is 3.04. The molecule has 0 saturated carbocycles. The third kappa shape index (κ3) is 6.69. The summed E-state index contributed by atoms with van der Waals surface area (Å²) in [7, 11) is 0. The molecule has 6 nitrogen and oxygen atoms in total. The van der Waals surface area contributed by atoms with Crippen molar-refractivity contribution in [1.29, 1.82) is 0 Å². The van der Waals surface area contributed by atoms with Gasteiger partial charge >= 0.3 is 0 Å². The summed E-state index contributed by atoms with van der Waals surface area (Å²) in [5, 5.41) is 3.39. The predicted octanol–water partition coefficient (Wildman–Crippen LogP) is 5.01. The van der Waals surface area contributed by atoms with Crippen molar-refractivity contribution in [1.82, 2.24) is 14.8 Å². The molecular formula is C29H34N4O2. The van der Waals surface area contributed by atoms with Crippen molar-refractivity contribution in [2.45, 2.75) is 26.7 Å². The van der Waals surface area contributed by atoms with E-state index in [0.717, 1.165) is 23.5 Å². The first-order valence-electron chi connectivity index (χ1n) is 12.4. The van der Waals surface area contributed by atoms with Crippen LogP contribution >= 0.6 is 0 Å². The first-order valence-corrected chi connectivity index (χ1v) is 12.4. The average molecular weight is 471 g/mol. The number of nitrogens with one attached hydrogen (secondary N) is 1. The zero-order valence-corrected chi connectivity index (χ0v) is 20.6. The van der Waals surface area contributed by atoms with E-state index in [1.807, 2.05) is 82.6 Å². The number of amides is 2. The van der Waals surface area contributed by atoms with Gasteiger partial charge in [0, 0.05) is 50.2 Å². The molecule has 1 aromatic heterocycles. The lowest BCUT2D eigenvalue weighted by Gasteiger charge is -2.25. The number of carbonyl (C=O) groups is 2. The van der Waals surface area contributed by atoms with Crippen molar-refractivity contribution in [2.75, 3.05) is 31.5 Å². The van der Waals surface area contributed by atoms with Crippen LogP contribution in [-0.4, -0.2) is 52.8 Å². The van der Waals surface area contributed by atoms with Gasteiger partial charge in [-0.3, -0.25) is 14.6 Å². The SMILES string of the molecule is CC(C)CC(=O)N1CCN(C(=O)c2ccccc2Nc2ccccc2)CC(Cc2ccccn2)C1. The van der Waals surface area contributed by atoms with Crippen LogP contribution in [0.3, 0.4) is 0 Å². The number of para-hydroxylation sites is 2. The van der Waals surface area contributed by atoms with Gasteiger partial charge in [0.1, 0.15) is 0 Å². The maximum Gasteiger partial charge on any atom is 0.256 e. The number of hydrogen-bond acceptors (Lipinski definition) is 4. The van der Waals surface area contributed by atoms with Gasteiger partial charge in [-0.2, -0.15) is 0 Å². The summed E-state index contributed by atoms with van der Waals surface area (Å²) in [5.74, 6) is 0.551. The Hall–Kier alpha value is -3.67. The topological polar surface area (TPSA) is 65.5 Å². The molecule has 2 heterocycles. The van der Waals surface area contributed by atoms with E-state index in [9.17, 15) is 9.59 Å². The second-order valence-electron chi connectivity index (χ2n) is 9.62. The lowest BCUT2D eigenvalue weighted by molar-refractivity contribution is -0.132. The number of rotatable bonds is 7. The van der Waals surface area contributed by atoms with Crippen LogP contribution in [-0.2, 0) is 11.2 Å². The molecule has 1 aliphatic rings. The molecule has 182 valence electrons. The lowest BCUT2D eigenvalue weighted by atomic mass is 10.0. The van der Waals surface area contributed by atoms with Gasteiger partial charge in [-0.25, -0.2) is 0 Å². The van der Waals surface area contributed by atoms with Crippen LogP contribution in [0, 0.1) is 11.8 Å². The Morgan fingerprint density at radius 1 is 0.914 bits per heavy atom. The molecule has 1 fully saturated rings. The van der Waals surface area contributed by atoms with Crippen molar-refractivity contribution >= 4 is 23.2 Å². The van der Waals surface area contributed by atoms with Gasteiger partial charge in [-0.1, -0.05) is 50.2 Å². The third-order valence-corrected chi connectivity index (χ3v) is 6.25. The van der Waals surface area contributed by atoms with Crippen LogP contribution < -0.4 is 5.32 Å². The van der Waals surface area contributed by atoms with Crippen LogP contribution in [0.4, 0.5) is 11.4 Å². The standard InChI is InChI=1S/C29H34N4O2/c1-22(2)18-28(34)32-16-17-33(21-23(20-32)19-25-12-8-9-15-30-25)29(35)26-13-6-7-14-27(26)31-24-10-4-3-5-11-24/h3-15,22-23,31H,16-21H2,1-2H3. The highest BCUT2D eigenvalue weighted by atomic mass is 16.2. The zero-order valence-electron chi connectivity index (χ0n) is 20.6. The van der Waals surface area contributed by atoms with Crippen LogP contribution in [0.2, 0.25) is 0 Å². The molecule has 1 unspecified atom stereocenters. The molecule has 4 rings (SSSR count). The van der Waals surface area contributed by atoms with E-state index in [4.69, 9.17) is 0 Å². The van der Waals surface area contributed by atoms with E-state index < -0.39 is 0 Å². The number of carbonyl (C=O) groups excluding carboxylic acids is 2. The maximum absolute atomic E-state index is 13.8. The largest absolute Gasteiger partial charge is 0.355 e. The second kappa shape index (κ2) is 11.6. The molecule has 1 atom stereocenters. The van der Waals surface area contributed by atoms with Crippen LogP contribution in [0.15, 0.2) is 79.0 Å². The number of anilines is 2. The maximum atomic E-state index is 13.8. The Bertz CT molecular complexity index is 1120. The van der Waals surface area contributed by atoms with Gasteiger partial charge in [0.05, 0.1) is 11.3 Å². The number of nitrogens with zero attached hydrogens (tertiary/aromatic N) is 3. The predicted molar refractivity (Wildman–Crippen MR) is 140 cm³/mol. The monoisotopic (exact) mass is 470 g/mol. The summed E-state index contributed by atoms with van der Waals surface area (Å²) in [4.78, 5) is 35.1. The highest BCUT2D eigenvalue weighted by Crippen LogP contribution is 2.24. The number of hydrogen-bond donors (Lipinski definition) is 1. The fourth-order valence-electron chi connectivity index (χ4n) is 4.56. The number of benzene rings is 2. The van der Waals surface area contributed by atoms with Crippen LogP contribution in [0.5, 0.6) is 0 Å². The fraction of sp³-hybridized carbons (Fsp3) is 0.345. The van der Waals surface area contributed by atoms with Crippen molar-refractivity contribution in [3.63, 3.8) is 0 Å². The average Bonchev–Trinajstić information content (AvgIpc) is 3.08. The van der Waals surface area contributed by atoms with Crippen molar-refractivity contribution < 1.29 is 9.59 Å². The molecule has 1 saturated heterocycles. The summed E-state index contributed by atoms with van der Waals surface area (Å²) in [6, 6.07) is 23.4. The minimum absolute atomic E-state index is 0.0202. The van der Waals surface area contributed by atoms with Crippen LogP contribution in [0.25, 0.3) is 0 Å². The van der Waals surface area contributed by atoms with Gasteiger partial charge in [0.25, 0.3) is 5.91 Å². The normalized spacial score (nSPS) is 16.1. The molecule has 3 aromatic rings. The molecule has 6 heteroatoms. The Labute approximate surface area is 208 Å². The van der Waals surface area contributed by atoms with Gasteiger partial charge < -0.3 is 15.1 Å². The van der Waals surface area contributed by atoms with Crippen molar-refractivity contribution in [3.05, 3.63) is 90.3 Å². The Kier molecular flexibility index (Phi) is 8.14. The second-order valence-corrected chi connectivity index (χ2v) is 9.62. The first kappa shape index (κ1) is 24.5. The molecule has 1 N–H and O–H groups in total. The fourth-order valence-corrected chi connectivity index (χ4v) is 4.56. The van der Waals surface area contributed by atoms with Gasteiger partial charge in [0.2, 0.25) is 5.91 Å². The first-order chi connectivity index (χ1) is 17.0. The molecule has 0 aliphatic carbocycles. The van der Waals surface area contributed by atoms with Crippen molar-refractivity contribution in [3.8, 4) is 0 Å². The molecule has 0 radical (unpaired) electrons. The summed E-state index contributed by atoms with van der Waals surface area (Å²) in [6.45, 7) is 6.41. The highest BCUT2D eigenvalue weighted by molar-refractivity contribution is 6.00. The van der Waals surface area contributed by atoms with E-state index in [1.54, 1.807) is 6.20 Å². The Morgan fingerprint density at radius 3 is 2.34 bits per heavy atom. The van der Waals surface area contributed by atoms with Crippen LogP contribution in [0.1, 0.15) is 36.3 Å². The molecule has 2 amide bonds. The van der Waals surface area contributed by atoms with E-state index in [1.165, 1.54) is 0 Å². The minimum atomic E-state index is -0.0202. The van der Waals surface area contributed by atoms with E-state index in [-0.39, 0.29) is 17.7 Å². The summed E-state index contributed by atoms with van der Waals surface area (Å²) in [5.41, 5.74) is 3.33. The molecule has 0 spiro atoms. The zero-order chi connectivity index (χ0) is 24.6. The van der Waals surface area contributed by atoms with Gasteiger partial charge in [-0.15, -0.1) is 0 Å². The molecule has 35 heavy (non-hydrogen) atoms. The molecule has 1 aliphatic heterocycles. The van der Waals surface area contributed by atoms with E-state index in [2.05, 4.69) is 24.1 Å². The van der Waals surface area contributed by atoms with E-state index in [0.29, 0.717) is 44.1 Å².